The summed E-state index contributed by atoms with van der Waals surface area (Å²) in [5, 5.41) is 3.88. The van der Waals surface area contributed by atoms with E-state index in [0.717, 1.165) is 11.9 Å². The second-order valence-electron chi connectivity index (χ2n) is 4.08. The number of hydrogen-bond donors (Lipinski definition) is 2. The molecule has 1 atom stereocenters. The molecule has 0 saturated carbocycles. The summed E-state index contributed by atoms with van der Waals surface area (Å²) in [5.41, 5.74) is 2.33. The van der Waals surface area contributed by atoms with Crippen LogP contribution in [-0.2, 0) is 11.2 Å². The molecule has 1 amide bonds. The molecular formula is C15H22N2O. The third-order valence-corrected chi connectivity index (χ3v) is 2.90. The molecule has 3 nitrogen and oxygen atoms in total. The van der Waals surface area contributed by atoms with Crippen molar-refractivity contribution in [2.24, 2.45) is 5.92 Å². The Labute approximate surface area is 109 Å². The summed E-state index contributed by atoms with van der Waals surface area (Å²) in [5.74, 6) is 0.0921. The van der Waals surface area contributed by atoms with E-state index in [9.17, 15) is 4.79 Å². The van der Waals surface area contributed by atoms with Crippen molar-refractivity contribution >= 4 is 16.8 Å². The van der Waals surface area contributed by atoms with Gasteiger partial charge in [0.15, 0.2) is 0 Å². The van der Waals surface area contributed by atoms with Crippen LogP contribution in [0.1, 0.15) is 26.3 Å². The lowest BCUT2D eigenvalue weighted by Gasteiger charge is -2.08. The zero-order valence-electron chi connectivity index (χ0n) is 11.6. The Bertz CT molecular complexity index is 502. The van der Waals surface area contributed by atoms with Crippen molar-refractivity contribution in [3.05, 3.63) is 36.0 Å². The van der Waals surface area contributed by atoms with E-state index in [0.29, 0.717) is 0 Å². The first-order valence-corrected chi connectivity index (χ1v) is 6.49. The number of amides is 1. The number of hydrogen-bond acceptors (Lipinski definition) is 1. The monoisotopic (exact) mass is 246 g/mol. The van der Waals surface area contributed by atoms with Crippen LogP contribution in [0.3, 0.4) is 0 Å². The zero-order chi connectivity index (χ0) is 13.5. The van der Waals surface area contributed by atoms with Crippen molar-refractivity contribution < 1.29 is 4.79 Å². The molecule has 0 aliphatic rings. The maximum Gasteiger partial charge on any atom is 0.222 e. The van der Waals surface area contributed by atoms with Crippen LogP contribution >= 0.6 is 0 Å². The van der Waals surface area contributed by atoms with E-state index in [-0.39, 0.29) is 11.8 Å². The van der Waals surface area contributed by atoms with E-state index in [1.165, 1.54) is 10.9 Å². The molecule has 0 radical (unpaired) electrons. The predicted molar refractivity (Wildman–Crippen MR) is 76.6 cm³/mol. The minimum atomic E-state index is 0.00389. The van der Waals surface area contributed by atoms with Crippen LogP contribution in [-0.4, -0.2) is 17.9 Å². The molecule has 98 valence electrons. The van der Waals surface area contributed by atoms with Gasteiger partial charge >= 0.3 is 0 Å². The third kappa shape index (κ3) is 3.13. The molecule has 2 N–H and O–H groups in total. The third-order valence-electron chi connectivity index (χ3n) is 2.90. The minimum absolute atomic E-state index is 0.00389. The number of carbonyl (C=O) groups is 1. The first-order valence-electron chi connectivity index (χ1n) is 6.49. The Kier molecular flexibility index (Phi) is 5.43. The lowest BCUT2D eigenvalue weighted by Crippen LogP contribution is -2.26. The van der Waals surface area contributed by atoms with Crippen molar-refractivity contribution in [1.29, 1.82) is 0 Å². The van der Waals surface area contributed by atoms with Gasteiger partial charge in [0.2, 0.25) is 5.91 Å². The number of H-pyrrole nitrogens is 1. The maximum atomic E-state index is 11.5. The number of aromatic nitrogens is 1. The zero-order valence-corrected chi connectivity index (χ0v) is 11.6. The van der Waals surface area contributed by atoms with E-state index < -0.39 is 0 Å². The minimum Gasteiger partial charge on any atom is -0.361 e. The fourth-order valence-corrected chi connectivity index (χ4v) is 1.97. The summed E-state index contributed by atoms with van der Waals surface area (Å²) in [6.07, 6.45) is 2.76. The van der Waals surface area contributed by atoms with Crippen molar-refractivity contribution in [2.45, 2.75) is 27.2 Å². The van der Waals surface area contributed by atoms with E-state index in [1.54, 1.807) is 7.05 Å². The van der Waals surface area contributed by atoms with Crippen LogP contribution < -0.4 is 5.32 Å². The van der Waals surface area contributed by atoms with Gasteiger partial charge in [-0.25, -0.2) is 0 Å². The highest BCUT2D eigenvalue weighted by Gasteiger charge is 2.13. The molecule has 0 aliphatic carbocycles. The highest BCUT2D eigenvalue weighted by Crippen LogP contribution is 2.20. The van der Waals surface area contributed by atoms with Crippen LogP contribution in [0.15, 0.2) is 30.5 Å². The predicted octanol–water partition coefficient (Wildman–Crippen LogP) is 3.12. The Morgan fingerprint density at radius 3 is 2.67 bits per heavy atom. The number of para-hydroxylation sites is 1. The molecular weight excluding hydrogens is 224 g/mol. The van der Waals surface area contributed by atoms with Gasteiger partial charge in [-0.3, -0.25) is 4.79 Å². The molecule has 2 aromatic rings. The first-order chi connectivity index (χ1) is 8.72. The summed E-state index contributed by atoms with van der Waals surface area (Å²) < 4.78 is 0. The lowest BCUT2D eigenvalue weighted by atomic mass is 10.00. The van der Waals surface area contributed by atoms with Crippen LogP contribution in [0.2, 0.25) is 0 Å². The van der Waals surface area contributed by atoms with Crippen molar-refractivity contribution in [2.75, 3.05) is 7.05 Å². The van der Waals surface area contributed by atoms with Gasteiger partial charge in [0, 0.05) is 30.1 Å². The van der Waals surface area contributed by atoms with E-state index >= 15 is 0 Å². The van der Waals surface area contributed by atoms with Crippen LogP contribution in [0.5, 0.6) is 0 Å². The lowest BCUT2D eigenvalue weighted by molar-refractivity contribution is -0.123. The highest BCUT2D eigenvalue weighted by molar-refractivity contribution is 5.84. The molecule has 0 fully saturated rings. The van der Waals surface area contributed by atoms with E-state index in [1.807, 2.05) is 45.2 Å². The molecule has 0 bridgehead atoms. The maximum absolute atomic E-state index is 11.5. The standard InChI is InChI=1S/C13H16N2O.C2H6/c1-9(13(16)14-2)7-10-8-15-12-6-4-3-5-11(10)12;1-2/h3-6,8-9,15H,7H2,1-2H3,(H,14,16);1-2H3. The fraction of sp³-hybridized carbons (Fsp3) is 0.400. The fourth-order valence-electron chi connectivity index (χ4n) is 1.97. The molecule has 3 heteroatoms. The largest absolute Gasteiger partial charge is 0.361 e. The van der Waals surface area contributed by atoms with Gasteiger partial charge in [-0.15, -0.1) is 0 Å². The number of carbonyl (C=O) groups excluding carboxylic acids is 1. The number of fused-ring (bicyclic) bond motifs is 1. The average molecular weight is 246 g/mol. The summed E-state index contributed by atoms with van der Waals surface area (Å²) in [4.78, 5) is 14.7. The highest BCUT2D eigenvalue weighted by atomic mass is 16.1. The van der Waals surface area contributed by atoms with Crippen LogP contribution in [0, 0.1) is 5.92 Å². The second-order valence-corrected chi connectivity index (χ2v) is 4.08. The smallest absolute Gasteiger partial charge is 0.222 e. The van der Waals surface area contributed by atoms with Crippen molar-refractivity contribution in [1.82, 2.24) is 10.3 Å². The topological polar surface area (TPSA) is 44.9 Å². The summed E-state index contributed by atoms with van der Waals surface area (Å²) in [6, 6.07) is 8.15. The molecule has 0 spiro atoms. The molecule has 18 heavy (non-hydrogen) atoms. The normalized spacial score (nSPS) is 11.6. The summed E-state index contributed by atoms with van der Waals surface area (Å²) >= 11 is 0. The molecule has 1 aromatic carbocycles. The Morgan fingerprint density at radius 1 is 1.33 bits per heavy atom. The van der Waals surface area contributed by atoms with Crippen molar-refractivity contribution in [3.63, 3.8) is 0 Å². The average Bonchev–Trinajstić information content (AvgIpc) is 2.83. The molecule has 2 rings (SSSR count). The van der Waals surface area contributed by atoms with Crippen LogP contribution in [0.25, 0.3) is 10.9 Å². The van der Waals surface area contributed by atoms with Gasteiger partial charge < -0.3 is 10.3 Å². The number of nitrogens with one attached hydrogen (secondary N) is 2. The van der Waals surface area contributed by atoms with E-state index in [2.05, 4.69) is 16.4 Å². The molecule has 1 aromatic heterocycles. The number of rotatable bonds is 3. The molecule has 1 unspecified atom stereocenters. The summed E-state index contributed by atoms with van der Waals surface area (Å²) in [6.45, 7) is 5.95. The summed E-state index contributed by atoms with van der Waals surface area (Å²) in [7, 11) is 1.67. The van der Waals surface area contributed by atoms with Gasteiger partial charge in [-0.05, 0) is 18.1 Å². The molecule has 0 aliphatic heterocycles. The second kappa shape index (κ2) is 6.84. The number of aromatic amines is 1. The van der Waals surface area contributed by atoms with Crippen molar-refractivity contribution in [3.8, 4) is 0 Å². The molecule has 1 heterocycles. The van der Waals surface area contributed by atoms with E-state index in [4.69, 9.17) is 0 Å². The van der Waals surface area contributed by atoms with Crippen LogP contribution in [0.4, 0.5) is 0 Å². The van der Waals surface area contributed by atoms with Gasteiger partial charge in [-0.2, -0.15) is 0 Å². The SMILES string of the molecule is CC.CNC(=O)C(C)Cc1c[nH]c2ccccc12. The Morgan fingerprint density at radius 2 is 2.00 bits per heavy atom. The van der Waals surface area contributed by atoms with Gasteiger partial charge in [0.05, 0.1) is 0 Å². The Balaban J connectivity index is 0.000000771. The quantitative estimate of drug-likeness (QED) is 0.858. The number of benzene rings is 1. The van der Waals surface area contributed by atoms with Gasteiger partial charge in [-0.1, -0.05) is 39.0 Å². The first kappa shape index (κ1) is 14.3. The Hall–Kier alpha value is -1.77. The van der Waals surface area contributed by atoms with Gasteiger partial charge in [0.25, 0.3) is 0 Å². The van der Waals surface area contributed by atoms with Gasteiger partial charge in [0.1, 0.15) is 0 Å². The molecule has 0 saturated heterocycles.